The molecule has 12 heavy (non-hydrogen) atoms. The fraction of sp³-hybridized carbons (Fsp3) is 0.778. The van der Waals surface area contributed by atoms with Gasteiger partial charge in [0.1, 0.15) is 0 Å². The van der Waals surface area contributed by atoms with Crippen molar-refractivity contribution in [3.05, 3.63) is 0 Å². The molecule has 0 aromatic rings. The molecule has 0 saturated carbocycles. The molecule has 0 aromatic heterocycles. The molecule has 0 aliphatic carbocycles. The third kappa shape index (κ3) is 2.46. The molecule has 0 bridgehead atoms. The number of likely N-dealkylation sites (tertiary alicyclic amines) is 1. The van der Waals surface area contributed by atoms with Gasteiger partial charge in [0.2, 0.25) is 0 Å². The zero-order chi connectivity index (χ0) is 8.97. The van der Waals surface area contributed by atoms with Gasteiger partial charge in [0, 0.05) is 0 Å². The van der Waals surface area contributed by atoms with Crippen LogP contribution in [0, 0.1) is 11.8 Å². The zero-order valence-electron chi connectivity index (χ0n) is 7.19. The molecule has 1 unspecified atom stereocenters. The monoisotopic (exact) mass is 173 g/mol. The van der Waals surface area contributed by atoms with E-state index in [1.807, 2.05) is 0 Å². The van der Waals surface area contributed by atoms with Crippen LogP contribution in [-0.2, 0) is 0 Å². The van der Waals surface area contributed by atoms with E-state index in [1.54, 1.807) is 11.8 Å². The molecule has 1 fully saturated rings. The molecular weight excluding hydrogens is 160 g/mol. The largest absolute Gasteiger partial charge is 0.284 e. The maximum Gasteiger partial charge on any atom is 0.251 e. The van der Waals surface area contributed by atoms with Gasteiger partial charge in [-0.05, 0) is 26.3 Å². The van der Waals surface area contributed by atoms with Gasteiger partial charge < -0.3 is 0 Å². The number of halogens is 2. The normalized spacial score (nSPS) is 24.2. The Labute approximate surface area is 71.7 Å². The SMILES string of the molecule is CC#CC1CCCN1CC(F)F. The molecule has 0 aromatic carbocycles. The summed E-state index contributed by atoms with van der Waals surface area (Å²) in [5, 5.41) is 0. The number of alkyl halides is 2. The first kappa shape index (κ1) is 9.47. The Hall–Kier alpha value is -0.620. The number of nitrogens with zero attached hydrogens (tertiary/aromatic N) is 1. The lowest BCUT2D eigenvalue weighted by Gasteiger charge is -2.18. The van der Waals surface area contributed by atoms with E-state index in [0.29, 0.717) is 0 Å². The minimum Gasteiger partial charge on any atom is -0.284 e. The summed E-state index contributed by atoms with van der Waals surface area (Å²) in [7, 11) is 0. The van der Waals surface area contributed by atoms with Crippen molar-refractivity contribution < 1.29 is 8.78 Å². The molecule has 1 aliphatic rings. The summed E-state index contributed by atoms with van der Waals surface area (Å²) >= 11 is 0. The highest BCUT2D eigenvalue weighted by Gasteiger charge is 2.24. The maximum absolute atomic E-state index is 12.0. The molecule has 1 heterocycles. The first-order valence-corrected chi connectivity index (χ1v) is 4.18. The molecule has 1 rings (SSSR count). The van der Waals surface area contributed by atoms with Crippen LogP contribution in [0.2, 0.25) is 0 Å². The van der Waals surface area contributed by atoms with Crippen LogP contribution in [-0.4, -0.2) is 30.5 Å². The Balaban J connectivity index is 2.44. The van der Waals surface area contributed by atoms with Gasteiger partial charge in [-0.25, -0.2) is 8.78 Å². The van der Waals surface area contributed by atoms with Crippen LogP contribution < -0.4 is 0 Å². The number of hydrogen-bond acceptors (Lipinski definition) is 1. The Kier molecular flexibility index (Phi) is 3.48. The molecule has 1 atom stereocenters. The Morgan fingerprint density at radius 2 is 2.33 bits per heavy atom. The van der Waals surface area contributed by atoms with Crippen molar-refractivity contribution in [3.8, 4) is 11.8 Å². The summed E-state index contributed by atoms with van der Waals surface area (Å²) in [5.74, 6) is 5.72. The fourth-order valence-corrected chi connectivity index (χ4v) is 1.55. The van der Waals surface area contributed by atoms with E-state index in [9.17, 15) is 8.78 Å². The minimum absolute atomic E-state index is 0.0731. The molecule has 3 heteroatoms. The van der Waals surface area contributed by atoms with E-state index in [4.69, 9.17) is 0 Å². The Morgan fingerprint density at radius 3 is 2.92 bits per heavy atom. The van der Waals surface area contributed by atoms with Crippen LogP contribution in [0.15, 0.2) is 0 Å². The second-order valence-corrected chi connectivity index (χ2v) is 2.94. The van der Waals surface area contributed by atoms with Crippen LogP contribution in [0.3, 0.4) is 0 Å². The van der Waals surface area contributed by atoms with Gasteiger partial charge in [-0.15, -0.1) is 5.92 Å². The maximum atomic E-state index is 12.0. The molecule has 0 spiro atoms. The van der Waals surface area contributed by atoms with Crippen molar-refractivity contribution in [3.63, 3.8) is 0 Å². The lowest BCUT2D eigenvalue weighted by Crippen LogP contribution is -2.32. The summed E-state index contributed by atoms with van der Waals surface area (Å²) in [6.45, 7) is 2.39. The standard InChI is InChI=1S/C9H13F2N/c1-2-4-8-5-3-6-12(8)7-9(10)11/h8-9H,3,5-7H2,1H3. The van der Waals surface area contributed by atoms with Gasteiger partial charge in [0.15, 0.2) is 0 Å². The second-order valence-electron chi connectivity index (χ2n) is 2.94. The lowest BCUT2D eigenvalue weighted by atomic mass is 10.2. The lowest BCUT2D eigenvalue weighted by molar-refractivity contribution is 0.0912. The number of rotatable bonds is 2. The molecule has 0 radical (unpaired) electrons. The van der Waals surface area contributed by atoms with Crippen molar-refractivity contribution in [1.82, 2.24) is 4.90 Å². The van der Waals surface area contributed by atoms with Crippen molar-refractivity contribution in [1.29, 1.82) is 0 Å². The van der Waals surface area contributed by atoms with E-state index in [1.165, 1.54) is 0 Å². The summed E-state index contributed by atoms with van der Waals surface area (Å²) in [5.41, 5.74) is 0. The van der Waals surface area contributed by atoms with Crippen molar-refractivity contribution >= 4 is 0 Å². The zero-order valence-corrected chi connectivity index (χ0v) is 7.19. The van der Waals surface area contributed by atoms with Crippen LogP contribution in [0.25, 0.3) is 0 Å². The van der Waals surface area contributed by atoms with Crippen LogP contribution in [0.5, 0.6) is 0 Å². The van der Waals surface area contributed by atoms with Crippen LogP contribution in [0.1, 0.15) is 19.8 Å². The summed E-state index contributed by atoms with van der Waals surface area (Å²) in [6, 6.07) is 0.0731. The quantitative estimate of drug-likeness (QED) is 0.575. The topological polar surface area (TPSA) is 3.24 Å². The highest BCUT2D eigenvalue weighted by atomic mass is 19.3. The van der Waals surface area contributed by atoms with E-state index < -0.39 is 6.43 Å². The van der Waals surface area contributed by atoms with E-state index >= 15 is 0 Å². The fourth-order valence-electron chi connectivity index (χ4n) is 1.55. The molecule has 1 aliphatic heterocycles. The van der Waals surface area contributed by atoms with Crippen molar-refractivity contribution in [2.75, 3.05) is 13.1 Å². The van der Waals surface area contributed by atoms with Gasteiger partial charge in [0.05, 0.1) is 12.6 Å². The van der Waals surface area contributed by atoms with E-state index in [-0.39, 0.29) is 12.6 Å². The van der Waals surface area contributed by atoms with Gasteiger partial charge in [-0.2, -0.15) is 0 Å². The molecule has 0 N–H and O–H groups in total. The second kappa shape index (κ2) is 4.42. The van der Waals surface area contributed by atoms with Gasteiger partial charge in [-0.1, -0.05) is 5.92 Å². The average Bonchev–Trinajstić information content (AvgIpc) is 2.37. The number of hydrogen-bond donors (Lipinski definition) is 0. The molecule has 1 nitrogen and oxygen atoms in total. The highest BCUT2D eigenvalue weighted by molar-refractivity contribution is 5.08. The van der Waals surface area contributed by atoms with Gasteiger partial charge in [-0.3, -0.25) is 4.90 Å². The predicted molar refractivity (Wildman–Crippen MR) is 44.0 cm³/mol. The van der Waals surface area contributed by atoms with Crippen LogP contribution in [0.4, 0.5) is 8.78 Å². The van der Waals surface area contributed by atoms with Gasteiger partial charge >= 0.3 is 0 Å². The van der Waals surface area contributed by atoms with Crippen LogP contribution >= 0.6 is 0 Å². The Bertz CT molecular complexity index is 192. The molecule has 1 saturated heterocycles. The van der Waals surface area contributed by atoms with E-state index in [0.717, 1.165) is 19.4 Å². The minimum atomic E-state index is -2.23. The smallest absolute Gasteiger partial charge is 0.251 e. The summed E-state index contributed by atoms with van der Waals surface area (Å²) in [4.78, 5) is 1.77. The van der Waals surface area contributed by atoms with E-state index in [2.05, 4.69) is 11.8 Å². The molecular formula is C9H13F2N. The summed E-state index contributed by atoms with van der Waals surface area (Å²) < 4.78 is 24.0. The Morgan fingerprint density at radius 1 is 1.58 bits per heavy atom. The van der Waals surface area contributed by atoms with Crippen molar-refractivity contribution in [2.45, 2.75) is 32.2 Å². The van der Waals surface area contributed by atoms with Gasteiger partial charge in [0.25, 0.3) is 6.43 Å². The first-order valence-electron chi connectivity index (χ1n) is 4.18. The molecule has 68 valence electrons. The third-order valence-electron chi connectivity index (χ3n) is 2.05. The molecule has 0 amide bonds. The first-order chi connectivity index (χ1) is 5.74. The van der Waals surface area contributed by atoms with Crippen molar-refractivity contribution in [2.24, 2.45) is 0 Å². The predicted octanol–water partition coefficient (Wildman–Crippen LogP) is 1.74. The third-order valence-corrected chi connectivity index (χ3v) is 2.05. The summed E-state index contributed by atoms with van der Waals surface area (Å²) in [6.07, 6.45) is -0.302. The average molecular weight is 173 g/mol. The highest BCUT2D eigenvalue weighted by Crippen LogP contribution is 2.17.